The van der Waals surface area contributed by atoms with Gasteiger partial charge in [-0.25, -0.2) is 12.8 Å². The molecular formula is C29H33ClFN3O4S. The van der Waals surface area contributed by atoms with Gasteiger partial charge >= 0.3 is 0 Å². The Morgan fingerprint density at radius 1 is 0.949 bits per heavy atom. The van der Waals surface area contributed by atoms with Gasteiger partial charge in [0, 0.05) is 18.1 Å². The van der Waals surface area contributed by atoms with Crippen molar-refractivity contribution in [2.45, 2.75) is 44.7 Å². The molecule has 0 aliphatic rings. The molecule has 0 unspecified atom stereocenters. The lowest BCUT2D eigenvalue weighted by Crippen LogP contribution is -2.52. The summed E-state index contributed by atoms with van der Waals surface area (Å²) in [5.41, 5.74) is 0.895. The SMILES string of the molecule is CC[C@H](C(=O)NCC(C)C)N(Cc1ccc(F)cc1)C(=O)CN(c1ccccc1)S(=O)(=O)c1ccc(Cl)cc1. The van der Waals surface area contributed by atoms with Crippen molar-refractivity contribution >= 4 is 39.1 Å². The van der Waals surface area contributed by atoms with Crippen LogP contribution >= 0.6 is 11.6 Å². The van der Waals surface area contributed by atoms with Gasteiger partial charge < -0.3 is 10.2 Å². The predicted molar refractivity (Wildman–Crippen MR) is 151 cm³/mol. The molecule has 0 bridgehead atoms. The van der Waals surface area contributed by atoms with E-state index in [-0.39, 0.29) is 23.3 Å². The minimum Gasteiger partial charge on any atom is -0.354 e. The molecule has 0 saturated carbocycles. The number of amides is 2. The lowest BCUT2D eigenvalue weighted by molar-refractivity contribution is -0.140. The van der Waals surface area contributed by atoms with Gasteiger partial charge in [0.2, 0.25) is 11.8 Å². The first-order valence-corrected chi connectivity index (χ1v) is 14.5. The molecule has 0 aliphatic carbocycles. The quantitative estimate of drug-likeness (QED) is 0.320. The molecule has 208 valence electrons. The van der Waals surface area contributed by atoms with Crippen LogP contribution in [0.5, 0.6) is 0 Å². The number of nitrogens with zero attached hydrogens (tertiary/aromatic N) is 2. The van der Waals surface area contributed by atoms with E-state index in [1.165, 1.54) is 53.4 Å². The van der Waals surface area contributed by atoms with Crippen LogP contribution in [-0.4, -0.2) is 44.3 Å². The Morgan fingerprint density at radius 2 is 1.56 bits per heavy atom. The molecular weight excluding hydrogens is 541 g/mol. The van der Waals surface area contributed by atoms with Crippen molar-refractivity contribution in [2.75, 3.05) is 17.4 Å². The number of hydrogen-bond acceptors (Lipinski definition) is 4. The second kappa shape index (κ2) is 13.6. The van der Waals surface area contributed by atoms with Crippen molar-refractivity contribution in [1.29, 1.82) is 0 Å². The lowest BCUT2D eigenvalue weighted by atomic mass is 10.1. The van der Waals surface area contributed by atoms with Gasteiger partial charge in [-0.3, -0.25) is 13.9 Å². The van der Waals surface area contributed by atoms with Crippen LogP contribution in [0, 0.1) is 11.7 Å². The number of nitrogens with one attached hydrogen (secondary N) is 1. The van der Waals surface area contributed by atoms with Crippen molar-refractivity contribution in [3.8, 4) is 0 Å². The zero-order valence-electron chi connectivity index (χ0n) is 22.2. The van der Waals surface area contributed by atoms with E-state index in [2.05, 4.69) is 5.32 Å². The number of carbonyl (C=O) groups excluding carboxylic acids is 2. The van der Waals surface area contributed by atoms with Gasteiger partial charge in [0.05, 0.1) is 10.6 Å². The highest BCUT2D eigenvalue weighted by Crippen LogP contribution is 2.25. The monoisotopic (exact) mass is 573 g/mol. The zero-order chi connectivity index (χ0) is 28.6. The minimum atomic E-state index is -4.18. The fraction of sp³-hybridized carbons (Fsp3) is 0.310. The standard InChI is InChI=1S/C29H33ClFN3O4S/c1-4-27(29(36)32-18-21(2)3)33(19-22-10-14-24(31)15-11-22)28(35)20-34(25-8-6-5-7-9-25)39(37,38)26-16-12-23(30)13-17-26/h5-17,21,27H,4,18-20H2,1-3H3,(H,32,36)/t27-/m1/s1. The molecule has 3 aromatic carbocycles. The number of anilines is 1. The van der Waals surface area contributed by atoms with Crippen molar-refractivity contribution in [1.82, 2.24) is 10.2 Å². The largest absolute Gasteiger partial charge is 0.354 e. The molecule has 39 heavy (non-hydrogen) atoms. The first-order chi connectivity index (χ1) is 18.5. The molecule has 0 aromatic heterocycles. The van der Waals surface area contributed by atoms with Crippen molar-refractivity contribution in [2.24, 2.45) is 5.92 Å². The molecule has 2 amide bonds. The molecule has 0 fully saturated rings. The molecule has 1 atom stereocenters. The third-order valence-corrected chi connectivity index (χ3v) is 8.10. The molecule has 0 heterocycles. The molecule has 3 rings (SSSR count). The number of para-hydroxylation sites is 1. The van der Waals surface area contributed by atoms with Crippen LogP contribution < -0.4 is 9.62 Å². The van der Waals surface area contributed by atoms with Crippen LogP contribution in [0.15, 0.2) is 83.8 Å². The Morgan fingerprint density at radius 3 is 2.13 bits per heavy atom. The summed E-state index contributed by atoms with van der Waals surface area (Å²) in [6, 6.07) is 18.7. The molecule has 0 aliphatic heterocycles. The fourth-order valence-electron chi connectivity index (χ4n) is 3.99. The number of halogens is 2. The van der Waals surface area contributed by atoms with Gasteiger partial charge in [0.25, 0.3) is 10.0 Å². The minimum absolute atomic E-state index is 0.00363. The molecule has 10 heteroatoms. The summed E-state index contributed by atoms with van der Waals surface area (Å²) in [4.78, 5) is 28.4. The molecule has 0 radical (unpaired) electrons. The Kier molecular flexibility index (Phi) is 10.5. The van der Waals surface area contributed by atoms with Gasteiger partial charge in [0.1, 0.15) is 18.4 Å². The number of hydrogen-bond donors (Lipinski definition) is 1. The Balaban J connectivity index is 2.01. The summed E-state index contributed by atoms with van der Waals surface area (Å²) >= 11 is 5.97. The average molecular weight is 574 g/mol. The van der Waals surface area contributed by atoms with Gasteiger partial charge in [0.15, 0.2) is 0 Å². The number of sulfonamides is 1. The third kappa shape index (κ3) is 8.03. The zero-order valence-corrected chi connectivity index (χ0v) is 23.8. The maximum atomic E-state index is 13.9. The van der Waals surface area contributed by atoms with Gasteiger partial charge in [-0.05, 0) is 66.4 Å². The Bertz CT molecular complexity index is 1350. The molecule has 0 saturated heterocycles. The van der Waals surface area contributed by atoms with Gasteiger partial charge in [-0.1, -0.05) is 62.7 Å². The maximum absolute atomic E-state index is 13.9. The average Bonchev–Trinajstić information content (AvgIpc) is 2.92. The second-order valence-corrected chi connectivity index (χ2v) is 11.8. The maximum Gasteiger partial charge on any atom is 0.264 e. The van der Waals surface area contributed by atoms with E-state index in [0.29, 0.717) is 29.2 Å². The van der Waals surface area contributed by atoms with Crippen LogP contribution in [0.2, 0.25) is 5.02 Å². The highest BCUT2D eigenvalue weighted by molar-refractivity contribution is 7.92. The summed E-state index contributed by atoms with van der Waals surface area (Å²) in [7, 11) is -4.18. The van der Waals surface area contributed by atoms with Crippen molar-refractivity contribution in [3.63, 3.8) is 0 Å². The second-order valence-electron chi connectivity index (χ2n) is 9.51. The Hall–Kier alpha value is -3.43. The first-order valence-electron chi connectivity index (χ1n) is 12.7. The molecule has 3 aromatic rings. The Labute approximate surface area is 234 Å². The first kappa shape index (κ1) is 30.1. The van der Waals surface area contributed by atoms with E-state index in [1.807, 2.05) is 13.8 Å². The van der Waals surface area contributed by atoms with Crippen molar-refractivity contribution in [3.05, 3.63) is 95.3 Å². The topological polar surface area (TPSA) is 86.8 Å². The number of rotatable bonds is 12. The fourth-order valence-corrected chi connectivity index (χ4v) is 5.53. The van der Waals surface area contributed by atoms with Crippen LogP contribution in [0.3, 0.4) is 0 Å². The molecule has 0 spiro atoms. The van der Waals surface area contributed by atoms with E-state index < -0.39 is 34.3 Å². The van der Waals surface area contributed by atoms with Crippen LogP contribution in [0.1, 0.15) is 32.8 Å². The predicted octanol–water partition coefficient (Wildman–Crippen LogP) is 5.25. The van der Waals surface area contributed by atoms with Gasteiger partial charge in [-0.15, -0.1) is 0 Å². The van der Waals surface area contributed by atoms with E-state index in [1.54, 1.807) is 37.3 Å². The smallest absolute Gasteiger partial charge is 0.264 e. The number of carbonyl (C=O) groups is 2. The van der Waals surface area contributed by atoms with E-state index in [4.69, 9.17) is 11.6 Å². The number of benzene rings is 3. The molecule has 1 N–H and O–H groups in total. The molecule has 7 nitrogen and oxygen atoms in total. The summed E-state index contributed by atoms with van der Waals surface area (Å²) < 4.78 is 42.1. The highest BCUT2D eigenvalue weighted by atomic mass is 35.5. The lowest BCUT2D eigenvalue weighted by Gasteiger charge is -2.33. The van der Waals surface area contributed by atoms with E-state index in [9.17, 15) is 22.4 Å². The summed E-state index contributed by atoms with van der Waals surface area (Å²) in [5, 5.41) is 3.25. The van der Waals surface area contributed by atoms with E-state index in [0.717, 1.165) is 4.31 Å². The van der Waals surface area contributed by atoms with Crippen molar-refractivity contribution < 1.29 is 22.4 Å². The summed E-state index contributed by atoms with van der Waals surface area (Å²) in [5.74, 6) is -1.14. The van der Waals surface area contributed by atoms with Crippen LogP contribution in [-0.2, 0) is 26.2 Å². The van der Waals surface area contributed by atoms with Crippen LogP contribution in [0.25, 0.3) is 0 Å². The van der Waals surface area contributed by atoms with Crippen LogP contribution in [0.4, 0.5) is 10.1 Å². The van der Waals surface area contributed by atoms with Gasteiger partial charge in [-0.2, -0.15) is 0 Å². The van der Waals surface area contributed by atoms with E-state index >= 15 is 0 Å². The summed E-state index contributed by atoms with van der Waals surface area (Å²) in [6.07, 6.45) is 0.298. The normalized spacial score (nSPS) is 12.2. The third-order valence-electron chi connectivity index (χ3n) is 6.06. The summed E-state index contributed by atoms with van der Waals surface area (Å²) in [6.45, 7) is 5.57. The highest BCUT2D eigenvalue weighted by Gasteiger charge is 2.33.